The smallest absolute Gasteiger partial charge is 0.407 e. The Labute approximate surface area is 305 Å². The fraction of sp³-hybridized carbons (Fsp3) is 0.273. The molecule has 0 saturated carbocycles. The van der Waals surface area contributed by atoms with Crippen LogP contribution in [0.15, 0.2) is 140 Å². The van der Waals surface area contributed by atoms with Crippen LogP contribution in [0.3, 0.4) is 0 Å². The highest BCUT2D eigenvalue weighted by Gasteiger charge is 2.47. The van der Waals surface area contributed by atoms with E-state index in [2.05, 4.69) is 71.3 Å². The van der Waals surface area contributed by atoms with Crippen molar-refractivity contribution in [3.63, 3.8) is 0 Å². The molecular weight excluding hydrogens is 653 g/mol. The Bertz CT molecular complexity index is 1760. The van der Waals surface area contributed by atoms with Gasteiger partial charge in [-0.05, 0) is 72.1 Å². The van der Waals surface area contributed by atoms with Crippen LogP contribution in [0, 0.1) is 0 Å². The van der Waals surface area contributed by atoms with Gasteiger partial charge in [0.25, 0.3) is 0 Å². The van der Waals surface area contributed by atoms with E-state index in [9.17, 15) is 14.7 Å². The molecule has 1 aliphatic rings. The summed E-state index contributed by atoms with van der Waals surface area (Å²) in [5, 5.41) is 15.3. The molecule has 0 bridgehead atoms. The van der Waals surface area contributed by atoms with E-state index in [1.54, 1.807) is 11.8 Å². The van der Waals surface area contributed by atoms with Crippen LogP contribution >= 0.6 is 11.8 Å². The van der Waals surface area contributed by atoms with Crippen molar-refractivity contribution in [2.75, 3.05) is 19.8 Å². The SMILES string of the molecule is CC(C)(SC(c1ccccc1)(c1ccccc1)c1ccccc1)[C@H](NC(=O)OCC1c2ccccc2-c2ccccc21)C(=O)NCCCCCO. The van der Waals surface area contributed by atoms with Gasteiger partial charge in [0.2, 0.25) is 5.91 Å². The molecule has 5 aromatic carbocycles. The predicted octanol–water partition coefficient (Wildman–Crippen LogP) is 8.68. The fourth-order valence-electron chi connectivity index (χ4n) is 7.19. The van der Waals surface area contributed by atoms with Gasteiger partial charge in [0.1, 0.15) is 12.6 Å². The molecular formula is C44H46N2O4S. The highest BCUT2D eigenvalue weighted by Crippen LogP contribution is 2.54. The molecule has 51 heavy (non-hydrogen) atoms. The lowest BCUT2D eigenvalue weighted by Crippen LogP contribution is -2.57. The number of thioether (sulfide) groups is 1. The van der Waals surface area contributed by atoms with Crippen LogP contribution in [0.25, 0.3) is 11.1 Å². The third-order valence-corrected chi connectivity index (χ3v) is 11.4. The number of aliphatic hydroxyl groups is 1. The van der Waals surface area contributed by atoms with Gasteiger partial charge in [0.15, 0.2) is 0 Å². The highest BCUT2D eigenvalue weighted by molar-refractivity contribution is 8.02. The Kier molecular flexibility index (Phi) is 11.6. The van der Waals surface area contributed by atoms with Crippen molar-refractivity contribution in [2.45, 2.75) is 54.6 Å². The summed E-state index contributed by atoms with van der Waals surface area (Å²) in [5.74, 6) is -0.390. The van der Waals surface area contributed by atoms with Crippen LogP contribution in [0.1, 0.15) is 66.8 Å². The van der Waals surface area contributed by atoms with Gasteiger partial charge in [-0.15, -0.1) is 11.8 Å². The van der Waals surface area contributed by atoms with E-state index < -0.39 is 21.6 Å². The number of hydrogen-bond donors (Lipinski definition) is 3. The summed E-state index contributed by atoms with van der Waals surface area (Å²) < 4.78 is 4.40. The lowest BCUT2D eigenvalue weighted by Gasteiger charge is -2.44. The fourth-order valence-corrected chi connectivity index (χ4v) is 9.02. The first kappa shape index (κ1) is 36.0. The van der Waals surface area contributed by atoms with Crippen LogP contribution in [0.2, 0.25) is 0 Å². The third-order valence-electron chi connectivity index (χ3n) is 9.65. The van der Waals surface area contributed by atoms with Gasteiger partial charge in [-0.25, -0.2) is 4.79 Å². The Morgan fingerprint density at radius 3 is 1.65 bits per heavy atom. The van der Waals surface area contributed by atoms with Crippen molar-refractivity contribution >= 4 is 23.8 Å². The number of aliphatic hydroxyl groups excluding tert-OH is 1. The van der Waals surface area contributed by atoms with Gasteiger partial charge in [-0.3, -0.25) is 4.79 Å². The summed E-state index contributed by atoms with van der Waals surface area (Å²) in [7, 11) is 0. The molecule has 1 aliphatic carbocycles. The molecule has 6 rings (SSSR count). The molecule has 7 heteroatoms. The summed E-state index contributed by atoms with van der Waals surface area (Å²) >= 11 is 1.64. The molecule has 0 fully saturated rings. The Balaban J connectivity index is 1.32. The monoisotopic (exact) mass is 698 g/mol. The zero-order valence-electron chi connectivity index (χ0n) is 29.3. The number of unbranched alkanes of at least 4 members (excludes halogenated alkanes) is 2. The van der Waals surface area contributed by atoms with Gasteiger partial charge < -0.3 is 20.5 Å². The molecule has 0 spiro atoms. The van der Waals surface area contributed by atoms with E-state index in [4.69, 9.17) is 4.74 Å². The first-order valence-corrected chi connectivity index (χ1v) is 18.5. The lowest BCUT2D eigenvalue weighted by molar-refractivity contribution is -0.123. The lowest BCUT2D eigenvalue weighted by atomic mass is 9.84. The minimum Gasteiger partial charge on any atom is -0.449 e. The van der Waals surface area contributed by atoms with Gasteiger partial charge in [-0.2, -0.15) is 0 Å². The highest BCUT2D eigenvalue weighted by atomic mass is 32.2. The standard InChI is InChI=1S/C44H46N2O4S/c1-43(2,51-44(32-19-7-3-8-20-32,33-21-9-4-10-22-33)34-23-11-5-12-24-34)40(41(48)45-29-17-6-18-30-47)46-42(49)50-31-39-37-27-15-13-25-35(37)36-26-14-16-28-38(36)39/h3-5,7-16,19-28,39-40,47H,6,17-18,29-31H2,1-2H3,(H,45,48)(H,46,49)/t40-/m1/s1. The Morgan fingerprint density at radius 1 is 0.686 bits per heavy atom. The average Bonchev–Trinajstić information content (AvgIpc) is 3.49. The number of rotatable bonds is 15. The van der Waals surface area contributed by atoms with E-state index in [1.807, 2.05) is 92.7 Å². The molecule has 0 heterocycles. The Hall–Kier alpha value is -4.85. The number of fused-ring (bicyclic) bond motifs is 3. The molecule has 1 atom stereocenters. The van der Waals surface area contributed by atoms with Crippen molar-refractivity contribution in [1.29, 1.82) is 0 Å². The molecule has 0 radical (unpaired) electrons. The summed E-state index contributed by atoms with van der Waals surface area (Å²) in [6, 6.07) is 46.5. The second-order valence-electron chi connectivity index (χ2n) is 13.5. The number of amides is 2. The summed E-state index contributed by atoms with van der Waals surface area (Å²) in [6.45, 7) is 4.72. The van der Waals surface area contributed by atoms with Crippen molar-refractivity contribution in [3.8, 4) is 11.1 Å². The van der Waals surface area contributed by atoms with Crippen LogP contribution in [0.4, 0.5) is 4.79 Å². The minimum atomic E-state index is -0.952. The number of hydrogen-bond acceptors (Lipinski definition) is 5. The molecule has 2 amide bonds. The molecule has 0 saturated heterocycles. The van der Waals surface area contributed by atoms with Crippen molar-refractivity contribution in [3.05, 3.63) is 167 Å². The first-order chi connectivity index (χ1) is 24.8. The maximum Gasteiger partial charge on any atom is 0.407 e. The van der Waals surface area contributed by atoms with E-state index in [0.29, 0.717) is 13.0 Å². The zero-order valence-corrected chi connectivity index (χ0v) is 30.1. The maximum absolute atomic E-state index is 14.2. The van der Waals surface area contributed by atoms with Crippen LogP contribution < -0.4 is 10.6 Å². The molecule has 0 aliphatic heterocycles. The predicted molar refractivity (Wildman–Crippen MR) is 207 cm³/mol. The van der Waals surface area contributed by atoms with Gasteiger partial charge >= 0.3 is 6.09 Å². The largest absolute Gasteiger partial charge is 0.449 e. The number of ether oxygens (including phenoxy) is 1. The van der Waals surface area contributed by atoms with Crippen LogP contribution in [0.5, 0.6) is 0 Å². The normalized spacial score (nSPS) is 13.2. The molecule has 0 unspecified atom stereocenters. The minimum absolute atomic E-state index is 0.105. The quantitative estimate of drug-likeness (QED) is 0.0753. The van der Waals surface area contributed by atoms with Crippen molar-refractivity contribution in [1.82, 2.24) is 10.6 Å². The number of alkyl carbamates (subject to hydrolysis) is 1. The van der Waals surface area contributed by atoms with Gasteiger partial charge in [0.05, 0.1) is 4.75 Å². The molecule has 0 aromatic heterocycles. The van der Waals surface area contributed by atoms with Crippen LogP contribution in [-0.4, -0.2) is 47.7 Å². The summed E-state index contributed by atoms with van der Waals surface area (Å²) in [4.78, 5) is 28.0. The van der Waals surface area contributed by atoms with Crippen molar-refractivity contribution < 1.29 is 19.4 Å². The van der Waals surface area contributed by atoms with Gasteiger partial charge in [0, 0.05) is 23.8 Å². The second-order valence-corrected chi connectivity index (χ2v) is 15.3. The summed E-state index contributed by atoms with van der Waals surface area (Å²) in [6.07, 6.45) is 1.54. The molecule has 6 nitrogen and oxygen atoms in total. The summed E-state index contributed by atoms with van der Waals surface area (Å²) in [5.41, 5.74) is 7.73. The van der Waals surface area contributed by atoms with E-state index >= 15 is 0 Å². The van der Waals surface area contributed by atoms with E-state index in [1.165, 1.54) is 0 Å². The van der Waals surface area contributed by atoms with Gasteiger partial charge in [-0.1, -0.05) is 140 Å². The number of carbonyl (C=O) groups is 2. The number of benzene rings is 5. The van der Waals surface area contributed by atoms with E-state index in [-0.39, 0.29) is 25.0 Å². The van der Waals surface area contributed by atoms with Crippen molar-refractivity contribution in [2.24, 2.45) is 0 Å². The third kappa shape index (κ3) is 7.90. The van der Waals surface area contributed by atoms with E-state index in [0.717, 1.165) is 51.8 Å². The number of carbonyl (C=O) groups excluding carboxylic acids is 2. The molecule has 3 N–H and O–H groups in total. The Morgan fingerprint density at radius 2 is 1.16 bits per heavy atom. The average molecular weight is 699 g/mol. The maximum atomic E-state index is 14.2. The van der Waals surface area contributed by atoms with Crippen LogP contribution in [-0.2, 0) is 14.3 Å². The molecule has 262 valence electrons. The molecule has 5 aromatic rings. The topological polar surface area (TPSA) is 87.7 Å². The zero-order chi connectivity index (χ0) is 35.7. The second kappa shape index (κ2) is 16.4. The first-order valence-electron chi connectivity index (χ1n) is 17.7. The number of nitrogens with one attached hydrogen (secondary N) is 2.